The molecule has 0 aliphatic carbocycles. The fourth-order valence-corrected chi connectivity index (χ4v) is 3.21. The number of amides is 1. The number of carbonyl (C=O) groups excluding carboxylic acids is 1. The fourth-order valence-electron chi connectivity index (χ4n) is 3.21. The highest BCUT2D eigenvalue weighted by Gasteiger charge is 2.12. The molecule has 5 nitrogen and oxygen atoms in total. The van der Waals surface area contributed by atoms with E-state index in [4.69, 9.17) is 5.73 Å². The van der Waals surface area contributed by atoms with Gasteiger partial charge in [0.15, 0.2) is 0 Å². The van der Waals surface area contributed by atoms with Gasteiger partial charge in [0, 0.05) is 46.9 Å². The van der Waals surface area contributed by atoms with E-state index >= 15 is 0 Å². The summed E-state index contributed by atoms with van der Waals surface area (Å²) in [6.45, 7) is 2.15. The highest BCUT2D eigenvalue weighted by atomic mass is 16.1. The quantitative estimate of drug-likeness (QED) is 0.589. The molecular weight excluding hydrogens is 324 g/mol. The molecule has 0 aliphatic heterocycles. The van der Waals surface area contributed by atoms with Gasteiger partial charge in [0.05, 0.1) is 5.56 Å². The van der Waals surface area contributed by atoms with Crippen LogP contribution in [0.15, 0.2) is 61.2 Å². The minimum absolute atomic E-state index is 0.383. The Bertz CT molecular complexity index is 1110. The monoisotopic (exact) mass is 342 g/mol. The van der Waals surface area contributed by atoms with Gasteiger partial charge in [-0.15, -0.1) is 0 Å². The molecule has 4 rings (SSSR count). The molecule has 0 saturated heterocycles. The maximum atomic E-state index is 11.4. The largest absolute Gasteiger partial charge is 0.366 e. The van der Waals surface area contributed by atoms with Crippen molar-refractivity contribution in [3.8, 4) is 22.3 Å². The molecule has 3 heterocycles. The lowest BCUT2D eigenvalue weighted by Gasteiger charge is -2.07. The van der Waals surface area contributed by atoms with Gasteiger partial charge in [0.25, 0.3) is 0 Å². The van der Waals surface area contributed by atoms with Gasteiger partial charge >= 0.3 is 0 Å². The average Bonchev–Trinajstić information content (AvgIpc) is 3.11. The van der Waals surface area contributed by atoms with Gasteiger partial charge in [-0.3, -0.25) is 9.78 Å². The number of nitrogens with two attached hydrogens (primary N) is 1. The summed E-state index contributed by atoms with van der Waals surface area (Å²) in [5, 5.41) is 1.04. The van der Waals surface area contributed by atoms with E-state index in [1.807, 2.05) is 12.3 Å². The van der Waals surface area contributed by atoms with Crippen LogP contribution in [0, 0.1) is 0 Å². The third-order valence-corrected chi connectivity index (χ3v) is 4.58. The number of nitrogens with zero attached hydrogens (tertiary/aromatic N) is 2. The lowest BCUT2D eigenvalue weighted by molar-refractivity contribution is 0.1000. The Morgan fingerprint density at radius 1 is 1.08 bits per heavy atom. The lowest BCUT2D eigenvalue weighted by atomic mass is 9.97. The van der Waals surface area contributed by atoms with E-state index in [1.54, 1.807) is 18.5 Å². The van der Waals surface area contributed by atoms with Gasteiger partial charge < -0.3 is 10.7 Å². The zero-order valence-electron chi connectivity index (χ0n) is 14.4. The Morgan fingerprint density at radius 3 is 2.69 bits per heavy atom. The minimum atomic E-state index is -0.493. The van der Waals surface area contributed by atoms with Gasteiger partial charge in [0.1, 0.15) is 5.65 Å². The summed E-state index contributed by atoms with van der Waals surface area (Å²) < 4.78 is 0. The second kappa shape index (κ2) is 6.44. The first-order valence-electron chi connectivity index (χ1n) is 8.48. The molecule has 3 aromatic heterocycles. The number of nitrogens with one attached hydrogen (secondary N) is 1. The zero-order chi connectivity index (χ0) is 18.1. The number of pyridine rings is 2. The highest BCUT2D eigenvalue weighted by Crippen LogP contribution is 2.33. The van der Waals surface area contributed by atoms with E-state index < -0.39 is 5.91 Å². The number of rotatable bonds is 4. The van der Waals surface area contributed by atoms with Crippen LogP contribution in [0.2, 0.25) is 0 Å². The van der Waals surface area contributed by atoms with E-state index in [-0.39, 0.29) is 0 Å². The molecule has 5 heteroatoms. The minimum Gasteiger partial charge on any atom is -0.366 e. The zero-order valence-corrected chi connectivity index (χ0v) is 14.4. The maximum Gasteiger partial charge on any atom is 0.250 e. The Labute approximate surface area is 150 Å². The molecular formula is C21H18N4O. The van der Waals surface area contributed by atoms with Gasteiger partial charge in [-0.25, -0.2) is 4.98 Å². The van der Waals surface area contributed by atoms with Gasteiger partial charge in [0.2, 0.25) is 5.91 Å². The van der Waals surface area contributed by atoms with Crippen molar-refractivity contribution in [2.24, 2.45) is 5.73 Å². The normalized spacial score (nSPS) is 11.0. The first kappa shape index (κ1) is 16.0. The molecule has 0 unspecified atom stereocenters. The third-order valence-electron chi connectivity index (χ3n) is 4.58. The predicted molar refractivity (Wildman–Crippen MR) is 103 cm³/mol. The number of hydrogen-bond acceptors (Lipinski definition) is 3. The van der Waals surface area contributed by atoms with Crippen LogP contribution in [0.4, 0.5) is 0 Å². The fraction of sp³-hybridized carbons (Fsp3) is 0.0952. The van der Waals surface area contributed by atoms with Crippen molar-refractivity contribution in [1.29, 1.82) is 0 Å². The van der Waals surface area contributed by atoms with Crippen LogP contribution in [0.25, 0.3) is 33.3 Å². The predicted octanol–water partition coefficient (Wildman–Crippen LogP) is 3.95. The lowest BCUT2D eigenvalue weighted by Crippen LogP contribution is -2.11. The Hall–Kier alpha value is -3.47. The van der Waals surface area contributed by atoms with Crippen molar-refractivity contribution in [3.05, 3.63) is 72.3 Å². The third kappa shape index (κ3) is 2.73. The number of primary amides is 1. The van der Waals surface area contributed by atoms with Crippen LogP contribution in [0.5, 0.6) is 0 Å². The number of hydrogen-bond donors (Lipinski definition) is 2. The standard InChI is InChI=1S/C21H18N4O/c1-2-13-5-3-4-6-17(13)19-12-25-21-18(19)8-15(11-24-21)14-7-16(20(22)26)10-23-9-14/h3-12H,2H2,1H3,(H2,22,26)(H,24,25). The molecule has 26 heavy (non-hydrogen) atoms. The van der Waals surface area contributed by atoms with Crippen LogP contribution < -0.4 is 5.73 Å². The van der Waals surface area contributed by atoms with Crippen molar-refractivity contribution in [1.82, 2.24) is 15.0 Å². The number of aryl methyl sites for hydroxylation is 1. The van der Waals surface area contributed by atoms with E-state index in [2.05, 4.69) is 46.1 Å². The topological polar surface area (TPSA) is 84.7 Å². The average molecular weight is 342 g/mol. The molecule has 4 aromatic rings. The second-order valence-corrected chi connectivity index (χ2v) is 6.16. The number of carbonyl (C=O) groups is 1. The summed E-state index contributed by atoms with van der Waals surface area (Å²) in [5.74, 6) is -0.493. The first-order valence-corrected chi connectivity index (χ1v) is 8.48. The SMILES string of the molecule is CCc1ccccc1-c1c[nH]c2ncc(-c3cncc(C(N)=O)c3)cc12. The van der Waals surface area contributed by atoms with Crippen LogP contribution in [0.3, 0.4) is 0 Å². The molecule has 0 radical (unpaired) electrons. The van der Waals surface area contributed by atoms with Crippen LogP contribution in [0.1, 0.15) is 22.8 Å². The summed E-state index contributed by atoms with van der Waals surface area (Å²) in [7, 11) is 0. The summed E-state index contributed by atoms with van der Waals surface area (Å²) >= 11 is 0. The van der Waals surface area contributed by atoms with E-state index in [0.717, 1.165) is 34.1 Å². The number of aromatic nitrogens is 3. The van der Waals surface area contributed by atoms with Gasteiger partial charge in [-0.05, 0) is 29.7 Å². The summed E-state index contributed by atoms with van der Waals surface area (Å²) in [5.41, 5.74) is 11.9. The molecule has 3 N–H and O–H groups in total. The maximum absolute atomic E-state index is 11.4. The van der Waals surface area contributed by atoms with Crippen molar-refractivity contribution < 1.29 is 4.79 Å². The molecule has 1 amide bonds. The van der Waals surface area contributed by atoms with Crippen LogP contribution >= 0.6 is 0 Å². The number of fused-ring (bicyclic) bond motifs is 1. The van der Waals surface area contributed by atoms with E-state index in [0.29, 0.717) is 5.56 Å². The first-order chi connectivity index (χ1) is 12.7. The summed E-state index contributed by atoms with van der Waals surface area (Å²) in [6, 6.07) is 12.2. The second-order valence-electron chi connectivity index (χ2n) is 6.16. The molecule has 0 atom stereocenters. The Balaban J connectivity index is 1.88. The van der Waals surface area contributed by atoms with E-state index in [1.165, 1.54) is 17.3 Å². The van der Waals surface area contributed by atoms with Crippen molar-refractivity contribution >= 4 is 16.9 Å². The van der Waals surface area contributed by atoms with Gasteiger partial charge in [-0.2, -0.15) is 0 Å². The summed E-state index contributed by atoms with van der Waals surface area (Å²) in [4.78, 5) is 23.3. The Kier molecular flexibility index (Phi) is 3.97. The van der Waals surface area contributed by atoms with Crippen molar-refractivity contribution in [3.63, 3.8) is 0 Å². The number of H-pyrrole nitrogens is 1. The smallest absolute Gasteiger partial charge is 0.250 e. The van der Waals surface area contributed by atoms with Crippen LogP contribution in [-0.2, 0) is 6.42 Å². The molecule has 1 aromatic carbocycles. The molecule has 0 bridgehead atoms. The van der Waals surface area contributed by atoms with E-state index in [9.17, 15) is 4.79 Å². The van der Waals surface area contributed by atoms with Crippen molar-refractivity contribution in [2.45, 2.75) is 13.3 Å². The molecule has 0 aliphatic rings. The number of benzene rings is 1. The Morgan fingerprint density at radius 2 is 1.88 bits per heavy atom. The molecule has 0 fully saturated rings. The van der Waals surface area contributed by atoms with Crippen molar-refractivity contribution in [2.75, 3.05) is 0 Å². The molecule has 128 valence electrons. The molecule has 0 saturated carbocycles. The highest BCUT2D eigenvalue weighted by molar-refractivity contribution is 5.97. The number of aromatic amines is 1. The molecule has 0 spiro atoms. The van der Waals surface area contributed by atoms with Gasteiger partial charge in [-0.1, -0.05) is 31.2 Å². The van der Waals surface area contributed by atoms with Crippen LogP contribution in [-0.4, -0.2) is 20.9 Å². The summed E-state index contributed by atoms with van der Waals surface area (Å²) in [6.07, 6.45) is 7.91.